The van der Waals surface area contributed by atoms with Crippen molar-refractivity contribution in [2.75, 3.05) is 25.0 Å². The number of aliphatic hydroxyl groups is 1. The van der Waals surface area contributed by atoms with E-state index in [0.717, 1.165) is 38.2 Å². The predicted molar refractivity (Wildman–Crippen MR) is 78.4 cm³/mol. The highest BCUT2D eigenvalue weighted by atomic mass is 16.3. The molecule has 106 valence electrons. The minimum absolute atomic E-state index is 0.330. The normalized spacial score (nSPS) is 26.0. The highest BCUT2D eigenvalue weighted by Crippen LogP contribution is 2.25. The van der Waals surface area contributed by atoms with Crippen LogP contribution in [0.15, 0.2) is 18.3 Å². The van der Waals surface area contributed by atoms with Crippen LogP contribution >= 0.6 is 0 Å². The zero-order valence-electron chi connectivity index (χ0n) is 12.2. The van der Waals surface area contributed by atoms with E-state index in [0.29, 0.717) is 6.04 Å². The van der Waals surface area contributed by atoms with E-state index in [9.17, 15) is 5.11 Å². The van der Waals surface area contributed by atoms with E-state index in [1.54, 1.807) is 0 Å². The van der Waals surface area contributed by atoms with Gasteiger partial charge < -0.3 is 15.3 Å². The first-order chi connectivity index (χ1) is 9.02. The van der Waals surface area contributed by atoms with E-state index in [-0.39, 0.29) is 0 Å². The van der Waals surface area contributed by atoms with Gasteiger partial charge in [-0.25, -0.2) is 4.98 Å². The summed E-state index contributed by atoms with van der Waals surface area (Å²) in [6.07, 6.45) is 4.57. The lowest BCUT2D eigenvalue weighted by Gasteiger charge is -2.24. The number of pyridine rings is 1. The first-order valence-electron chi connectivity index (χ1n) is 7.12. The fourth-order valence-corrected chi connectivity index (χ4v) is 2.54. The van der Waals surface area contributed by atoms with Crippen molar-refractivity contribution in [3.63, 3.8) is 0 Å². The van der Waals surface area contributed by atoms with E-state index in [4.69, 9.17) is 0 Å². The van der Waals surface area contributed by atoms with Crippen LogP contribution in [0.3, 0.4) is 0 Å². The molecular formula is C15H25N3O. The van der Waals surface area contributed by atoms with E-state index in [2.05, 4.69) is 34.3 Å². The molecule has 0 aliphatic carbocycles. The van der Waals surface area contributed by atoms with E-state index in [1.807, 2.05) is 20.2 Å². The van der Waals surface area contributed by atoms with E-state index < -0.39 is 5.60 Å². The summed E-state index contributed by atoms with van der Waals surface area (Å²) in [7, 11) is 1.97. The molecule has 2 atom stereocenters. The van der Waals surface area contributed by atoms with Gasteiger partial charge in [0.15, 0.2) is 0 Å². The van der Waals surface area contributed by atoms with Crippen molar-refractivity contribution in [2.45, 2.75) is 44.8 Å². The first-order valence-corrected chi connectivity index (χ1v) is 7.12. The number of nitrogens with one attached hydrogen (secondary N) is 1. The summed E-state index contributed by atoms with van der Waals surface area (Å²) < 4.78 is 0. The number of hydrogen-bond acceptors (Lipinski definition) is 4. The molecule has 0 bridgehead atoms. The molecule has 1 aromatic heterocycles. The first kappa shape index (κ1) is 14.3. The molecule has 2 rings (SSSR count). The van der Waals surface area contributed by atoms with Gasteiger partial charge in [-0.15, -0.1) is 0 Å². The SMILES string of the molecule is CNC(C)c1ccnc(N2CCCC(C)(O)CC2)c1. The topological polar surface area (TPSA) is 48.4 Å². The van der Waals surface area contributed by atoms with Crippen molar-refractivity contribution in [3.05, 3.63) is 23.9 Å². The molecule has 1 saturated heterocycles. The Morgan fingerprint density at radius 2 is 2.21 bits per heavy atom. The summed E-state index contributed by atoms with van der Waals surface area (Å²) in [6, 6.07) is 4.54. The molecule has 2 N–H and O–H groups in total. The van der Waals surface area contributed by atoms with Crippen LogP contribution < -0.4 is 10.2 Å². The monoisotopic (exact) mass is 263 g/mol. The van der Waals surface area contributed by atoms with Crippen molar-refractivity contribution in [3.8, 4) is 0 Å². The Morgan fingerprint density at radius 3 is 2.95 bits per heavy atom. The molecule has 4 nitrogen and oxygen atoms in total. The molecule has 0 saturated carbocycles. The maximum atomic E-state index is 10.1. The second-order valence-corrected chi connectivity index (χ2v) is 5.80. The Labute approximate surface area is 115 Å². The van der Waals surface area contributed by atoms with Crippen molar-refractivity contribution in [1.29, 1.82) is 0 Å². The molecule has 1 fully saturated rings. The lowest BCUT2D eigenvalue weighted by atomic mass is 9.98. The molecule has 0 aromatic carbocycles. The van der Waals surface area contributed by atoms with Gasteiger partial charge in [-0.3, -0.25) is 0 Å². The number of nitrogens with zero attached hydrogens (tertiary/aromatic N) is 2. The fraction of sp³-hybridized carbons (Fsp3) is 0.667. The van der Waals surface area contributed by atoms with Gasteiger partial charge in [0, 0.05) is 25.3 Å². The van der Waals surface area contributed by atoms with E-state index >= 15 is 0 Å². The van der Waals surface area contributed by atoms with Gasteiger partial charge in [-0.2, -0.15) is 0 Å². The minimum atomic E-state index is -0.523. The molecule has 0 amide bonds. The Morgan fingerprint density at radius 1 is 1.42 bits per heavy atom. The lowest BCUT2D eigenvalue weighted by molar-refractivity contribution is 0.0481. The standard InChI is InChI=1S/C15H25N3O/c1-12(16-3)13-5-8-17-14(11-13)18-9-4-6-15(2,19)7-10-18/h5,8,11-12,16,19H,4,6-7,9-10H2,1-3H3. The second-order valence-electron chi connectivity index (χ2n) is 5.80. The quantitative estimate of drug-likeness (QED) is 0.877. The summed E-state index contributed by atoms with van der Waals surface area (Å²) >= 11 is 0. The van der Waals surface area contributed by atoms with Gasteiger partial charge in [0.1, 0.15) is 5.82 Å². The lowest BCUT2D eigenvalue weighted by Crippen LogP contribution is -2.29. The molecule has 1 aliphatic rings. The molecular weight excluding hydrogens is 238 g/mol. The second kappa shape index (κ2) is 5.88. The van der Waals surface area contributed by atoms with Crippen LogP contribution in [0.1, 0.15) is 44.7 Å². The highest BCUT2D eigenvalue weighted by Gasteiger charge is 2.25. The predicted octanol–water partition coefficient (Wildman–Crippen LogP) is 2.10. The van der Waals surface area contributed by atoms with Crippen molar-refractivity contribution < 1.29 is 5.11 Å². The van der Waals surface area contributed by atoms with Crippen molar-refractivity contribution in [2.24, 2.45) is 0 Å². The van der Waals surface area contributed by atoms with Crippen LogP contribution in [-0.4, -0.2) is 35.8 Å². The van der Waals surface area contributed by atoms with Crippen LogP contribution in [0.2, 0.25) is 0 Å². The maximum Gasteiger partial charge on any atom is 0.128 e. The Hall–Kier alpha value is -1.13. The number of aromatic nitrogens is 1. The zero-order chi connectivity index (χ0) is 13.9. The van der Waals surface area contributed by atoms with Gasteiger partial charge in [-0.1, -0.05) is 0 Å². The van der Waals surface area contributed by atoms with Gasteiger partial charge in [0.25, 0.3) is 0 Å². The van der Waals surface area contributed by atoms with Gasteiger partial charge >= 0.3 is 0 Å². The van der Waals surface area contributed by atoms with Crippen LogP contribution in [0, 0.1) is 0 Å². The molecule has 19 heavy (non-hydrogen) atoms. The summed E-state index contributed by atoms with van der Waals surface area (Å²) in [5.41, 5.74) is 0.730. The fourth-order valence-electron chi connectivity index (χ4n) is 2.54. The summed E-state index contributed by atoms with van der Waals surface area (Å²) in [5, 5.41) is 13.4. The van der Waals surface area contributed by atoms with Gasteiger partial charge in [0.2, 0.25) is 0 Å². The van der Waals surface area contributed by atoms with Gasteiger partial charge in [-0.05, 0) is 57.9 Å². The summed E-state index contributed by atoms with van der Waals surface area (Å²) in [4.78, 5) is 6.77. The third-order valence-corrected chi connectivity index (χ3v) is 4.09. The molecule has 2 unspecified atom stereocenters. The number of anilines is 1. The highest BCUT2D eigenvalue weighted by molar-refractivity contribution is 5.42. The average molecular weight is 263 g/mol. The average Bonchev–Trinajstić information content (AvgIpc) is 2.59. The Bertz CT molecular complexity index is 420. The van der Waals surface area contributed by atoms with Gasteiger partial charge in [0.05, 0.1) is 5.60 Å². The molecule has 1 aliphatic heterocycles. The molecule has 0 radical (unpaired) electrons. The molecule has 2 heterocycles. The van der Waals surface area contributed by atoms with Crippen LogP contribution in [-0.2, 0) is 0 Å². The largest absolute Gasteiger partial charge is 0.390 e. The molecule has 1 aromatic rings. The van der Waals surface area contributed by atoms with Crippen molar-refractivity contribution >= 4 is 5.82 Å². The van der Waals surface area contributed by atoms with Crippen LogP contribution in [0.4, 0.5) is 5.82 Å². The molecule has 4 heteroatoms. The van der Waals surface area contributed by atoms with E-state index in [1.165, 1.54) is 5.56 Å². The Balaban J connectivity index is 2.13. The zero-order valence-corrected chi connectivity index (χ0v) is 12.2. The minimum Gasteiger partial charge on any atom is -0.390 e. The number of hydrogen-bond donors (Lipinski definition) is 2. The van der Waals surface area contributed by atoms with Crippen LogP contribution in [0.5, 0.6) is 0 Å². The smallest absolute Gasteiger partial charge is 0.128 e. The molecule has 0 spiro atoms. The Kier molecular flexibility index (Phi) is 4.42. The third kappa shape index (κ3) is 3.67. The number of rotatable bonds is 3. The van der Waals surface area contributed by atoms with Crippen molar-refractivity contribution in [1.82, 2.24) is 10.3 Å². The van der Waals surface area contributed by atoms with Crippen LogP contribution in [0.25, 0.3) is 0 Å². The summed E-state index contributed by atoms with van der Waals surface area (Å²) in [5.74, 6) is 1.03. The summed E-state index contributed by atoms with van der Waals surface area (Å²) in [6.45, 7) is 5.92. The maximum absolute atomic E-state index is 10.1. The third-order valence-electron chi connectivity index (χ3n) is 4.09.